The lowest BCUT2D eigenvalue weighted by Crippen LogP contribution is -2.61. The molecule has 0 bridgehead atoms. The third-order valence-corrected chi connectivity index (χ3v) is 9.22. The normalized spacial score (nSPS) is 17.2. The number of aromatic nitrogens is 3. The Kier molecular flexibility index (Phi) is 6.85. The number of fused-ring (bicyclic) bond motifs is 2. The van der Waals surface area contributed by atoms with Gasteiger partial charge < -0.3 is 29.7 Å². The number of amides is 2. The van der Waals surface area contributed by atoms with E-state index in [4.69, 9.17) is 4.74 Å². The highest BCUT2D eigenvalue weighted by Crippen LogP contribution is 2.44. The first kappa shape index (κ1) is 29.3. The summed E-state index contributed by atoms with van der Waals surface area (Å²) < 4.78 is 21.3. The number of carbonyl (C=O) groups is 2. The number of aliphatic hydroxyl groups excluding tert-OH is 1. The summed E-state index contributed by atoms with van der Waals surface area (Å²) in [5.41, 5.74) is 4.69. The molecule has 5 aromatic rings. The van der Waals surface area contributed by atoms with E-state index in [1.54, 1.807) is 42.3 Å². The number of ether oxygens (including phenoxy) is 1. The summed E-state index contributed by atoms with van der Waals surface area (Å²) in [4.78, 5) is 42.0. The summed E-state index contributed by atoms with van der Waals surface area (Å²) in [5, 5.41) is 21.5. The van der Waals surface area contributed by atoms with Crippen LogP contribution in [0.1, 0.15) is 57.5 Å². The lowest BCUT2D eigenvalue weighted by molar-refractivity contribution is -0.0668. The first-order chi connectivity index (χ1) is 22.7. The van der Waals surface area contributed by atoms with Gasteiger partial charge in [-0.2, -0.15) is 0 Å². The van der Waals surface area contributed by atoms with Crippen LogP contribution >= 0.6 is 0 Å². The molecule has 3 aliphatic rings. The van der Waals surface area contributed by atoms with Gasteiger partial charge in [-0.15, -0.1) is 0 Å². The minimum absolute atomic E-state index is 0.0975. The second-order valence-electron chi connectivity index (χ2n) is 12.8. The maximum atomic E-state index is 15.4. The number of halogens is 1. The molecule has 11 heteroatoms. The second-order valence-corrected chi connectivity index (χ2v) is 12.8. The molecule has 2 aromatic carbocycles. The fourth-order valence-electron chi connectivity index (χ4n) is 6.72. The van der Waals surface area contributed by atoms with E-state index in [0.717, 1.165) is 29.4 Å². The van der Waals surface area contributed by atoms with Gasteiger partial charge in [0.25, 0.3) is 11.8 Å². The number of aromatic amines is 1. The number of H-pyrrole nitrogens is 1. The lowest BCUT2D eigenvalue weighted by Gasteiger charge is -2.44. The smallest absolute Gasteiger partial charge is 0.265 e. The third kappa shape index (κ3) is 5.12. The summed E-state index contributed by atoms with van der Waals surface area (Å²) in [5.74, 6) is -0.725. The van der Waals surface area contributed by atoms with Gasteiger partial charge in [0.15, 0.2) is 0 Å². The number of hydrogen-bond donors (Lipinski definition) is 3. The monoisotopic (exact) mass is 633 g/mol. The van der Waals surface area contributed by atoms with Gasteiger partial charge in [0, 0.05) is 23.3 Å². The van der Waals surface area contributed by atoms with Gasteiger partial charge in [-0.25, -0.2) is 9.37 Å². The molecule has 0 spiro atoms. The van der Waals surface area contributed by atoms with Crippen LogP contribution in [0.25, 0.3) is 33.5 Å². The van der Waals surface area contributed by atoms with Crippen molar-refractivity contribution < 1.29 is 28.9 Å². The van der Waals surface area contributed by atoms with Gasteiger partial charge in [0.2, 0.25) is 0 Å². The van der Waals surface area contributed by atoms with Gasteiger partial charge >= 0.3 is 0 Å². The molecule has 2 aliphatic heterocycles. The number of benzene rings is 2. The molecule has 2 amide bonds. The van der Waals surface area contributed by atoms with E-state index in [-0.39, 0.29) is 50.1 Å². The highest BCUT2D eigenvalue weighted by atomic mass is 19.1. The van der Waals surface area contributed by atoms with Crippen LogP contribution in [0.2, 0.25) is 0 Å². The average molecular weight is 634 g/mol. The molecule has 5 heterocycles. The van der Waals surface area contributed by atoms with E-state index < -0.39 is 17.3 Å². The van der Waals surface area contributed by atoms with E-state index in [9.17, 15) is 19.8 Å². The van der Waals surface area contributed by atoms with Crippen molar-refractivity contribution in [2.24, 2.45) is 0 Å². The number of pyridine rings is 2. The number of nitrogens with zero attached hydrogens (tertiary/aromatic N) is 4. The van der Waals surface area contributed by atoms with E-state index >= 15 is 4.39 Å². The van der Waals surface area contributed by atoms with Crippen molar-refractivity contribution in [2.45, 2.75) is 37.9 Å². The Bertz CT molecular complexity index is 2060. The number of β-amino-alcohol motifs (C(OH)–C–C–N with tert-alkyl or cyclic N) is 1. The van der Waals surface area contributed by atoms with E-state index in [1.165, 1.54) is 17.2 Å². The summed E-state index contributed by atoms with van der Waals surface area (Å²) in [6.45, 7) is 2.26. The lowest BCUT2D eigenvalue weighted by atomic mass is 9.96. The zero-order valence-corrected chi connectivity index (χ0v) is 25.7. The Labute approximate surface area is 269 Å². The quantitative estimate of drug-likeness (QED) is 0.239. The van der Waals surface area contributed by atoms with E-state index in [2.05, 4.69) is 15.0 Å². The highest BCUT2D eigenvalue weighted by Gasteiger charge is 2.40. The molecule has 1 aliphatic carbocycles. The van der Waals surface area contributed by atoms with Crippen LogP contribution in [0.5, 0.6) is 5.75 Å². The Hall–Kier alpha value is -5.13. The maximum Gasteiger partial charge on any atom is 0.265 e. The molecule has 2 fully saturated rings. The molecule has 0 unspecified atom stereocenters. The van der Waals surface area contributed by atoms with E-state index in [0.29, 0.717) is 45.3 Å². The molecule has 0 atom stereocenters. The fraction of sp³-hybridized carbons (Fsp3) is 0.278. The van der Waals surface area contributed by atoms with Crippen LogP contribution in [0.4, 0.5) is 10.1 Å². The Morgan fingerprint density at radius 1 is 1.11 bits per heavy atom. The maximum absolute atomic E-state index is 15.4. The molecule has 238 valence electrons. The van der Waals surface area contributed by atoms with E-state index in [1.807, 2.05) is 24.3 Å². The van der Waals surface area contributed by atoms with Crippen molar-refractivity contribution in [3.8, 4) is 28.3 Å². The van der Waals surface area contributed by atoms with Crippen LogP contribution in [-0.2, 0) is 6.61 Å². The molecule has 10 nitrogen and oxygen atoms in total. The minimum Gasteiger partial charge on any atom is -0.491 e. The predicted molar refractivity (Wildman–Crippen MR) is 173 cm³/mol. The molecule has 1 saturated carbocycles. The van der Waals surface area contributed by atoms with Crippen molar-refractivity contribution >= 4 is 28.5 Å². The summed E-state index contributed by atoms with van der Waals surface area (Å²) in [6.07, 6.45) is 5.19. The zero-order valence-electron chi connectivity index (χ0n) is 25.7. The number of aliphatic hydroxyl groups is 2. The number of anilines is 1. The van der Waals surface area contributed by atoms with Crippen LogP contribution in [-0.4, -0.2) is 73.7 Å². The third-order valence-electron chi connectivity index (χ3n) is 9.22. The molecule has 0 radical (unpaired) electrons. The van der Waals surface area contributed by atoms with Crippen LogP contribution in [0.15, 0.2) is 67.0 Å². The van der Waals surface area contributed by atoms with Crippen LogP contribution < -0.4 is 9.64 Å². The van der Waals surface area contributed by atoms with Crippen LogP contribution in [0, 0.1) is 5.82 Å². The average Bonchev–Trinajstić information content (AvgIpc) is 3.84. The van der Waals surface area contributed by atoms with Gasteiger partial charge in [-0.3, -0.25) is 14.6 Å². The summed E-state index contributed by atoms with van der Waals surface area (Å²) >= 11 is 0. The van der Waals surface area contributed by atoms with Crippen molar-refractivity contribution in [1.82, 2.24) is 19.9 Å². The molecule has 47 heavy (non-hydrogen) atoms. The molecular weight excluding hydrogens is 601 g/mol. The Balaban J connectivity index is 1.13. The molecule has 3 aromatic heterocycles. The highest BCUT2D eigenvalue weighted by molar-refractivity contribution is 6.09. The number of nitrogens with one attached hydrogen (secondary N) is 1. The zero-order chi connectivity index (χ0) is 32.4. The van der Waals surface area contributed by atoms with Crippen molar-refractivity contribution in [1.29, 1.82) is 0 Å². The first-order valence-electron chi connectivity index (χ1n) is 15.7. The topological polar surface area (TPSA) is 132 Å². The van der Waals surface area contributed by atoms with Crippen molar-refractivity contribution in [3.05, 3.63) is 95.1 Å². The van der Waals surface area contributed by atoms with Crippen LogP contribution in [0.3, 0.4) is 0 Å². The Morgan fingerprint density at radius 3 is 2.66 bits per heavy atom. The first-order valence-corrected chi connectivity index (χ1v) is 15.7. The van der Waals surface area contributed by atoms with Crippen molar-refractivity contribution in [3.63, 3.8) is 0 Å². The number of hydrogen-bond acceptors (Lipinski definition) is 7. The number of rotatable bonds is 6. The van der Waals surface area contributed by atoms with Gasteiger partial charge in [-0.1, -0.05) is 12.1 Å². The number of likely N-dealkylation sites (tertiary alicyclic amines) is 1. The minimum atomic E-state index is -0.854. The molecular formula is C36H32FN5O5. The standard InChI is InChI=1S/C36H32FN5O5/c1-36(46)18-41(19-36)34(44)21-7-8-28(39-16-21)29-15-25-24(9-10-38-33(25)40-29)23-3-2-4-30(26(23)17-43)42-11-12-47-31-14-22(20-5-6-20)13-27(37)32(31)35(42)45/h2-4,7-10,13-16,20,43,46H,5-6,11-12,17-19H2,1H3,(H,38,40). The van der Waals surface area contributed by atoms with Crippen molar-refractivity contribution in [2.75, 3.05) is 31.1 Å². The van der Waals surface area contributed by atoms with Gasteiger partial charge in [0.05, 0.1) is 54.5 Å². The second kappa shape index (κ2) is 11.0. The number of carbonyl (C=O) groups excluding carboxylic acids is 2. The molecule has 1 saturated heterocycles. The Morgan fingerprint density at radius 2 is 1.94 bits per heavy atom. The summed E-state index contributed by atoms with van der Waals surface area (Å²) in [7, 11) is 0. The predicted octanol–water partition coefficient (Wildman–Crippen LogP) is 5.05. The van der Waals surface area contributed by atoms with Gasteiger partial charge in [-0.05, 0) is 84.8 Å². The largest absolute Gasteiger partial charge is 0.491 e. The molecule has 8 rings (SSSR count). The SMILES string of the molecule is CC1(O)CN(C(=O)c2ccc(-c3cc4c(-c5cccc(N6CCOc7cc(C8CC8)cc(F)c7C6=O)c5CO)ccnc4[nH]3)nc2)C1. The fourth-order valence-corrected chi connectivity index (χ4v) is 6.72. The molecule has 3 N–H and O–H groups in total. The summed E-state index contributed by atoms with van der Waals surface area (Å²) in [6, 6.07) is 15.9. The van der Waals surface area contributed by atoms with Gasteiger partial charge in [0.1, 0.15) is 29.4 Å².